The van der Waals surface area contributed by atoms with Crippen molar-refractivity contribution >= 4 is 12.0 Å². The highest BCUT2D eigenvalue weighted by molar-refractivity contribution is 5.97. The van der Waals surface area contributed by atoms with Crippen LogP contribution in [0.15, 0.2) is 54.6 Å². The van der Waals surface area contributed by atoms with E-state index in [1.165, 1.54) is 19.3 Å². The third kappa shape index (κ3) is 6.71. The van der Waals surface area contributed by atoms with Crippen molar-refractivity contribution in [2.24, 2.45) is 0 Å². The van der Waals surface area contributed by atoms with E-state index in [1.807, 2.05) is 18.2 Å². The van der Waals surface area contributed by atoms with Crippen LogP contribution in [0.5, 0.6) is 5.75 Å². The van der Waals surface area contributed by atoms with Crippen molar-refractivity contribution in [1.29, 1.82) is 0 Å². The third-order valence-corrected chi connectivity index (χ3v) is 6.12. The van der Waals surface area contributed by atoms with Crippen molar-refractivity contribution in [3.63, 3.8) is 0 Å². The number of nitrogens with zero attached hydrogens (tertiary/aromatic N) is 1. The number of hydrogen-bond acceptors (Lipinski definition) is 6. The lowest BCUT2D eigenvalue weighted by atomic mass is 9.69. The molecule has 8 nitrogen and oxygen atoms in total. The van der Waals surface area contributed by atoms with E-state index in [2.05, 4.69) is 17.4 Å². The van der Waals surface area contributed by atoms with Crippen molar-refractivity contribution in [3.05, 3.63) is 65.7 Å². The number of carbonyl (C=O) groups is 2. The van der Waals surface area contributed by atoms with Crippen LogP contribution in [-0.2, 0) is 19.7 Å². The van der Waals surface area contributed by atoms with Crippen molar-refractivity contribution in [2.45, 2.75) is 37.5 Å². The van der Waals surface area contributed by atoms with E-state index in [0.29, 0.717) is 11.3 Å². The summed E-state index contributed by atoms with van der Waals surface area (Å²) in [7, 11) is 3.04. The largest absolute Gasteiger partial charge is 0.496 e. The van der Waals surface area contributed by atoms with Gasteiger partial charge in [-0.15, -0.1) is 0 Å². The fourth-order valence-electron chi connectivity index (χ4n) is 4.43. The fourth-order valence-corrected chi connectivity index (χ4v) is 4.43. The molecule has 0 unspecified atom stereocenters. The molecule has 0 heterocycles. The van der Waals surface area contributed by atoms with Crippen molar-refractivity contribution in [1.82, 2.24) is 10.4 Å². The Morgan fingerprint density at radius 3 is 2.38 bits per heavy atom. The molecule has 1 N–H and O–H groups in total. The summed E-state index contributed by atoms with van der Waals surface area (Å²) >= 11 is 0. The Bertz CT molecular complexity index is 915. The first-order valence-corrected chi connectivity index (χ1v) is 11.6. The summed E-state index contributed by atoms with van der Waals surface area (Å²) in [6.07, 6.45) is 4.34. The SMILES string of the molecule is COCOCCNC(=O)ON(CC1(c2ccccc2)CCCCC1)C(=O)c1ccccc1OC. The minimum Gasteiger partial charge on any atom is -0.496 e. The highest BCUT2D eigenvalue weighted by Crippen LogP contribution is 2.40. The van der Waals surface area contributed by atoms with Gasteiger partial charge >= 0.3 is 6.09 Å². The van der Waals surface area contributed by atoms with Crippen molar-refractivity contribution < 1.29 is 28.6 Å². The average molecular weight is 471 g/mol. The molecule has 0 bridgehead atoms. The second kappa shape index (κ2) is 13.0. The predicted octanol–water partition coefficient (Wildman–Crippen LogP) is 4.30. The molecule has 0 spiro atoms. The molecule has 2 aromatic rings. The van der Waals surface area contributed by atoms with E-state index in [1.54, 1.807) is 24.3 Å². The minimum atomic E-state index is -0.719. The number of benzene rings is 2. The minimum absolute atomic E-state index is 0.134. The molecule has 184 valence electrons. The second-order valence-electron chi connectivity index (χ2n) is 8.37. The maximum atomic E-state index is 13.6. The van der Waals surface area contributed by atoms with Crippen LogP contribution < -0.4 is 10.1 Å². The Balaban J connectivity index is 1.84. The fraction of sp³-hybridized carbons (Fsp3) is 0.462. The zero-order chi connectivity index (χ0) is 24.2. The molecule has 0 atom stereocenters. The van der Waals surface area contributed by atoms with Crippen LogP contribution in [0.4, 0.5) is 4.79 Å². The van der Waals surface area contributed by atoms with Gasteiger partial charge in [0, 0.05) is 19.1 Å². The molecule has 1 aliphatic carbocycles. The Kier molecular flexibility index (Phi) is 9.73. The highest BCUT2D eigenvalue weighted by Gasteiger charge is 2.39. The number of amides is 2. The zero-order valence-corrected chi connectivity index (χ0v) is 20.0. The summed E-state index contributed by atoms with van der Waals surface area (Å²) in [5.74, 6) is -0.00371. The molecular weight excluding hydrogens is 436 g/mol. The Morgan fingerprint density at radius 2 is 1.68 bits per heavy atom. The molecule has 34 heavy (non-hydrogen) atoms. The standard InChI is InChI=1S/C26H34N2O6/c1-31-20-33-18-17-27-25(30)34-28(24(29)22-13-7-8-14-23(22)32-2)19-26(15-9-4-10-16-26)21-11-5-3-6-12-21/h3,5-8,11-14H,4,9-10,15-20H2,1-2H3,(H,27,30). The van der Waals surface area contributed by atoms with Crippen molar-refractivity contribution in [2.75, 3.05) is 40.7 Å². The summed E-state index contributed by atoms with van der Waals surface area (Å²) < 4.78 is 15.4. The van der Waals surface area contributed by atoms with Gasteiger partial charge in [-0.05, 0) is 30.5 Å². The van der Waals surface area contributed by atoms with Gasteiger partial charge in [-0.2, -0.15) is 5.06 Å². The lowest BCUT2D eigenvalue weighted by molar-refractivity contribution is -0.0856. The van der Waals surface area contributed by atoms with Crippen LogP contribution >= 0.6 is 0 Å². The summed E-state index contributed by atoms with van der Waals surface area (Å²) in [4.78, 5) is 31.8. The smallest absolute Gasteiger partial charge is 0.431 e. The van der Waals surface area contributed by atoms with E-state index >= 15 is 0 Å². The Morgan fingerprint density at radius 1 is 0.971 bits per heavy atom. The number of hydroxylamine groups is 2. The number of rotatable bonds is 10. The molecule has 0 aromatic heterocycles. The predicted molar refractivity (Wildman–Crippen MR) is 128 cm³/mol. The van der Waals surface area contributed by atoms with Gasteiger partial charge in [-0.25, -0.2) is 4.79 Å². The summed E-state index contributed by atoms with van der Waals surface area (Å²) in [6.45, 7) is 0.871. The van der Waals surface area contributed by atoms with Crippen LogP contribution in [0, 0.1) is 0 Å². The highest BCUT2D eigenvalue weighted by atomic mass is 16.7. The van der Waals surface area contributed by atoms with E-state index < -0.39 is 12.0 Å². The zero-order valence-electron chi connectivity index (χ0n) is 20.0. The first-order chi connectivity index (χ1) is 16.6. The normalized spacial score (nSPS) is 14.8. The number of hydrogen-bond donors (Lipinski definition) is 1. The van der Waals surface area contributed by atoms with Crippen LogP contribution in [-0.4, -0.2) is 57.8 Å². The summed E-state index contributed by atoms with van der Waals surface area (Å²) in [5.41, 5.74) is 1.17. The van der Waals surface area contributed by atoms with Gasteiger partial charge in [0.15, 0.2) is 0 Å². The summed E-state index contributed by atoms with van der Waals surface area (Å²) in [6, 6.07) is 17.1. The second-order valence-corrected chi connectivity index (χ2v) is 8.37. The maximum absolute atomic E-state index is 13.6. The monoisotopic (exact) mass is 470 g/mol. The molecule has 3 rings (SSSR count). The van der Waals surface area contributed by atoms with Crippen molar-refractivity contribution in [3.8, 4) is 5.75 Å². The number of carbonyl (C=O) groups excluding carboxylic acids is 2. The quantitative estimate of drug-likeness (QED) is 0.317. The molecule has 1 aliphatic rings. The Labute approximate surface area is 201 Å². The van der Waals surface area contributed by atoms with Gasteiger partial charge in [0.25, 0.3) is 5.91 Å². The van der Waals surface area contributed by atoms with E-state index in [9.17, 15) is 9.59 Å². The van der Waals surface area contributed by atoms with Crippen LogP contribution in [0.3, 0.4) is 0 Å². The first kappa shape index (κ1) is 25.5. The number of methoxy groups -OCH3 is 2. The third-order valence-electron chi connectivity index (χ3n) is 6.12. The molecule has 1 fully saturated rings. The van der Waals surface area contributed by atoms with E-state index in [0.717, 1.165) is 37.7 Å². The number of para-hydroxylation sites is 1. The number of nitrogens with one attached hydrogen (secondary N) is 1. The molecule has 0 aliphatic heterocycles. The van der Waals surface area contributed by atoms with E-state index in [-0.39, 0.29) is 31.9 Å². The van der Waals surface area contributed by atoms with Crippen LogP contribution in [0.25, 0.3) is 0 Å². The van der Waals surface area contributed by atoms with Gasteiger partial charge in [-0.1, -0.05) is 61.7 Å². The summed E-state index contributed by atoms with van der Waals surface area (Å²) in [5, 5.41) is 3.81. The average Bonchev–Trinajstić information content (AvgIpc) is 2.89. The van der Waals surface area contributed by atoms with Gasteiger partial charge in [-0.3, -0.25) is 4.79 Å². The van der Waals surface area contributed by atoms with Crippen LogP contribution in [0.1, 0.15) is 48.0 Å². The van der Waals surface area contributed by atoms with E-state index in [4.69, 9.17) is 19.0 Å². The Hall–Kier alpha value is -3.10. The van der Waals surface area contributed by atoms with Gasteiger partial charge in [0.2, 0.25) is 0 Å². The molecule has 0 radical (unpaired) electrons. The molecule has 0 saturated heterocycles. The molecular formula is C26H34N2O6. The maximum Gasteiger partial charge on any atom is 0.431 e. The van der Waals surface area contributed by atoms with Gasteiger partial charge in [0.1, 0.15) is 12.5 Å². The van der Waals surface area contributed by atoms with Gasteiger partial charge in [0.05, 0.1) is 25.8 Å². The van der Waals surface area contributed by atoms with Crippen LogP contribution in [0.2, 0.25) is 0 Å². The molecule has 1 saturated carbocycles. The lowest BCUT2D eigenvalue weighted by Crippen LogP contribution is -2.47. The molecule has 2 aromatic carbocycles. The first-order valence-electron chi connectivity index (χ1n) is 11.6. The number of ether oxygens (including phenoxy) is 3. The topological polar surface area (TPSA) is 86.3 Å². The lowest BCUT2D eigenvalue weighted by Gasteiger charge is -2.40. The molecule has 2 amide bonds. The van der Waals surface area contributed by atoms with Gasteiger partial charge < -0.3 is 24.4 Å². The molecule has 8 heteroatoms.